The Bertz CT molecular complexity index is 841. The molecular formula is C16H17N5OS2. The second kappa shape index (κ2) is 6.45. The van der Waals surface area contributed by atoms with Crippen molar-refractivity contribution >= 4 is 49.1 Å². The molecule has 8 heteroatoms. The number of thiazole rings is 1. The molecule has 1 aliphatic rings. The van der Waals surface area contributed by atoms with Gasteiger partial charge in [0, 0.05) is 13.1 Å². The molecule has 0 radical (unpaired) electrons. The molecule has 6 nitrogen and oxygen atoms in total. The normalized spacial score (nSPS) is 18.0. The predicted molar refractivity (Wildman–Crippen MR) is 97.8 cm³/mol. The van der Waals surface area contributed by atoms with E-state index >= 15 is 0 Å². The van der Waals surface area contributed by atoms with E-state index in [1.165, 1.54) is 16.0 Å². The summed E-state index contributed by atoms with van der Waals surface area (Å²) in [6, 6.07) is 8.15. The fourth-order valence-electron chi connectivity index (χ4n) is 2.91. The van der Waals surface area contributed by atoms with Gasteiger partial charge in [0.25, 0.3) is 0 Å². The van der Waals surface area contributed by atoms with E-state index in [2.05, 4.69) is 26.5 Å². The number of carbonyl (C=O) groups excluding carboxylic acids is 1. The molecule has 1 aromatic carbocycles. The maximum atomic E-state index is 12.5. The van der Waals surface area contributed by atoms with Gasteiger partial charge in [0.1, 0.15) is 5.01 Å². The van der Waals surface area contributed by atoms with Crippen LogP contribution in [0.25, 0.3) is 10.2 Å². The van der Waals surface area contributed by atoms with Crippen molar-refractivity contribution in [1.82, 2.24) is 15.2 Å². The zero-order chi connectivity index (χ0) is 16.5. The van der Waals surface area contributed by atoms with Crippen molar-refractivity contribution in [3.63, 3.8) is 0 Å². The summed E-state index contributed by atoms with van der Waals surface area (Å²) in [5.74, 6) is -0.0214. The van der Waals surface area contributed by atoms with Gasteiger partial charge < -0.3 is 10.2 Å². The molecule has 1 N–H and O–H groups in total. The number of piperidine rings is 1. The largest absolute Gasteiger partial charge is 0.347 e. The Morgan fingerprint density at radius 2 is 2.17 bits per heavy atom. The number of amides is 1. The van der Waals surface area contributed by atoms with Crippen molar-refractivity contribution in [2.24, 2.45) is 5.92 Å². The molecule has 3 aromatic rings. The van der Waals surface area contributed by atoms with E-state index in [0.29, 0.717) is 11.7 Å². The van der Waals surface area contributed by atoms with Crippen LogP contribution in [0.3, 0.4) is 0 Å². The van der Waals surface area contributed by atoms with E-state index in [0.717, 1.165) is 35.0 Å². The Kier molecular flexibility index (Phi) is 4.15. The maximum Gasteiger partial charge on any atom is 0.231 e. The highest BCUT2D eigenvalue weighted by Crippen LogP contribution is 2.31. The van der Waals surface area contributed by atoms with Gasteiger partial charge in [-0.3, -0.25) is 4.79 Å². The Hall–Kier alpha value is -2.06. The maximum absolute atomic E-state index is 12.5. The molecule has 4 rings (SSSR count). The van der Waals surface area contributed by atoms with E-state index < -0.39 is 0 Å². The van der Waals surface area contributed by atoms with Crippen molar-refractivity contribution in [3.8, 4) is 0 Å². The number of aromatic nitrogens is 3. The molecule has 1 aliphatic heterocycles. The van der Waals surface area contributed by atoms with E-state index in [1.807, 2.05) is 25.1 Å². The number of anilines is 2. The van der Waals surface area contributed by atoms with E-state index in [4.69, 9.17) is 4.98 Å². The molecule has 0 unspecified atom stereocenters. The van der Waals surface area contributed by atoms with Gasteiger partial charge in [-0.2, -0.15) is 0 Å². The standard InChI is InChI=1S/C16H17N5OS2/c1-10-19-20-15(23-10)18-14(22)11-5-4-8-21(9-11)16-17-12-6-2-3-7-13(12)24-16/h2-3,6-7,11H,4-5,8-9H2,1H3,(H,18,20,22)/t11-/m0/s1. The lowest BCUT2D eigenvalue weighted by molar-refractivity contribution is -0.120. The molecule has 2 aromatic heterocycles. The molecule has 1 fully saturated rings. The summed E-state index contributed by atoms with van der Waals surface area (Å²) in [5.41, 5.74) is 1.02. The van der Waals surface area contributed by atoms with Crippen LogP contribution in [0.2, 0.25) is 0 Å². The Morgan fingerprint density at radius 1 is 1.29 bits per heavy atom. The molecule has 0 spiro atoms. The molecule has 3 heterocycles. The Morgan fingerprint density at radius 3 is 2.96 bits per heavy atom. The zero-order valence-electron chi connectivity index (χ0n) is 13.2. The van der Waals surface area contributed by atoms with Crippen molar-refractivity contribution in [2.75, 3.05) is 23.3 Å². The number of nitrogens with zero attached hydrogens (tertiary/aromatic N) is 4. The summed E-state index contributed by atoms with van der Waals surface area (Å²) in [6.07, 6.45) is 1.88. The molecule has 0 bridgehead atoms. The third-order valence-electron chi connectivity index (χ3n) is 4.10. The Labute approximate surface area is 147 Å². The van der Waals surface area contributed by atoms with Gasteiger partial charge in [-0.15, -0.1) is 10.2 Å². The lowest BCUT2D eigenvalue weighted by atomic mass is 9.98. The van der Waals surface area contributed by atoms with Crippen LogP contribution in [0, 0.1) is 12.8 Å². The van der Waals surface area contributed by atoms with Gasteiger partial charge in [0.2, 0.25) is 11.0 Å². The van der Waals surface area contributed by atoms with E-state index in [-0.39, 0.29) is 11.8 Å². The second-order valence-corrected chi connectivity index (χ2v) is 8.06. The first-order valence-electron chi connectivity index (χ1n) is 7.90. The topological polar surface area (TPSA) is 71.0 Å². The van der Waals surface area contributed by atoms with Crippen LogP contribution >= 0.6 is 22.7 Å². The minimum Gasteiger partial charge on any atom is -0.347 e. The third kappa shape index (κ3) is 3.11. The van der Waals surface area contributed by atoms with Crippen LogP contribution in [0.4, 0.5) is 10.3 Å². The first-order chi connectivity index (χ1) is 11.7. The molecule has 24 heavy (non-hydrogen) atoms. The van der Waals surface area contributed by atoms with Crippen molar-refractivity contribution in [3.05, 3.63) is 29.3 Å². The van der Waals surface area contributed by atoms with Gasteiger partial charge >= 0.3 is 0 Å². The lowest BCUT2D eigenvalue weighted by Crippen LogP contribution is -2.40. The number of hydrogen-bond donors (Lipinski definition) is 1. The highest BCUT2D eigenvalue weighted by Gasteiger charge is 2.28. The summed E-state index contributed by atoms with van der Waals surface area (Å²) in [7, 11) is 0. The van der Waals surface area contributed by atoms with Crippen molar-refractivity contribution < 1.29 is 4.79 Å². The third-order valence-corrected chi connectivity index (χ3v) is 5.95. The number of aryl methyl sites for hydroxylation is 1. The second-order valence-electron chi connectivity index (χ2n) is 5.86. The van der Waals surface area contributed by atoms with Crippen LogP contribution in [0.15, 0.2) is 24.3 Å². The summed E-state index contributed by atoms with van der Waals surface area (Å²) < 4.78 is 1.18. The number of rotatable bonds is 3. The SMILES string of the molecule is Cc1nnc(NC(=O)[C@H]2CCCN(c3nc4ccccc4s3)C2)s1. The quantitative estimate of drug-likeness (QED) is 0.777. The molecule has 0 saturated carbocycles. The zero-order valence-corrected chi connectivity index (χ0v) is 14.9. The highest BCUT2D eigenvalue weighted by atomic mass is 32.1. The minimum atomic E-state index is -0.0463. The summed E-state index contributed by atoms with van der Waals surface area (Å²) in [6.45, 7) is 3.52. The number of hydrogen-bond acceptors (Lipinski definition) is 7. The fourth-order valence-corrected chi connectivity index (χ4v) is 4.51. The summed E-state index contributed by atoms with van der Waals surface area (Å²) >= 11 is 3.09. The molecule has 0 aliphatic carbocycles. The van der Waals surface area contributed by atoms with Crippen molar-refractivity contribution in [2.45, 2.75) is 19.8 Å². The van der Waals surface area contributed by atoms with E-state index in [1.54, 1.807) is 11.3 Å². The van der Waals surface area contributed by atoms with Gasteiger partial charge in [-0.1, -0.05) is 34.8 Å². The highest BCUT2D eigenvalue weighted by molar-refractivity contribution is 7.22. The van der Waals surface area contributed by atoms with Crippen LogP contribution in [-0.4, -0.2) is 34.2 Å². The average Bonchev–Trinajstić information content (AvgIpc) is 3.21. The fraction of sp³-hybridized carbons (Fsp3) is 0.375. The molecule has 124 valence electrons. The first kappa shape index (κ1) is 15.5. The van der Waals surface area contributed by atoms with Crippen LogP contribution in [0.5, 0.6) is 0 Å². The average molecular weight is 359 g/mol. The molecular weight excluding hydrogens is 342 g/mol. The molecule has 1 saturated heterocycles. The number of nitrogens with one attached hydrogen (secondary N) is 1. The number of carbonyl (C=O) groups is 1. The summed E-state index contributed by atoms with van der Waals surface area (Å²) in [5, 5.41) is 13.2. The van der Waals surface area contributed by atoms with Crippen molar-refractivity contribution in [1.29, 1.82) is 0 Å². The molecule has 1 amide bonds. The monoisotopic (exact) mass is 359 g/mol. The summed E-state index contributed by atoms with van der Waals surface area (Å²) in [4.78, 5) is 19.4. The first-order valence-corrected chi connectivity index (χ1v) is 9.54. The Balaban J connectivity index is 1.47. The van der Waals surface area contributed by atoms with Gasteiger partial charge in [0.05, 0.1) is 16.1 Å². The van der Waals surface area contributed by atoms with E-state index in [9.17, 15) is 4.79 Å². The number of para-hydroxylation sites is 1. The number of benzene rings is 1. The van der Waals surface area contributed by atoms with Crippen LogP contribution in [0.1, 0.15) is 17.8 Å². The van der Waals surface area contributed by atoms with Gasteiger partial charge in [-0.05, 0) is 31.9 Å². The van der Waals surface area contributed by atoms with Gasteiger partial charge in [-0.25, -0.2) is 4.98 Å². The minimum absolute atomic E-state index is 0.0250. The van der Waals surface area contributed by atoms with Crippen LogP contribution in [-0.2, 0) is 4.79 Å². The van der Waals surface area contributed by atoms with Crippen LogP contribution < -0.4 is 10.2 Å². The number of fused-ring (bicyclic) bond motifs is 1. The van der Waals surface area contributed by atoms with Gasteiger partial charge in [0.15, 0.2) is 5.13 Å². The smallest absolute Gasteiger partial charge is 0.231 e. The predicted octanol–water partition coefficient (Wildman–Crippen LogP) is 3.31. The lowest BCUT2D eigenvalue weighted by Gasteiger charge is -2.31. The molecule has 1 atom stereocenters.